The smallest absolute Gasteiger partial charge is 0.335 e. The first-order valence-electron chi connectivity index (χ1n) is 21.1. The van der Waals surface area contributed by atoms with E-state index in [0.717, 1.165) is 0 Å². The number of hydrogen-bond donors (Lipinski definition) is 0. The first-order chi connectivity index (χ1) is 25.9. The number of rotatable bonds is 10. The summed E-state index contributed by atoms with van der Waals surface area (Å²) >= 11 is 6.43. The predicted octanol–water partition coefficient (Wildman–Crippen LogP) is 10.0. The second-order valence-electron chi connectivity index (χ2n) is 19.1. The predicted molar refractivity (Wildman–Crippen MR) is 228 cm³/mol. The zero-order valence-corrected chi connectivity index (χ0v) is 42.2. The van der Waals surface area contributed by atoms with Crippen LogP contribution in [0.25, 0.3) is 10.4 Å². The first kappa shape index (κ1) is 48.4. The maximum atomic E-state index is 12.2. The van der Waals surface area contributed by atoms with Gasteiger partial charge in [-0.25, -0.2) is 0 Å². The van der Waals surface area contributed by atoms with Crippen LogP contribution in [0.5, 0.6) is 0 Å². The maximum absolute atomic E-state index is 12.2. The van der Waals surface area contributed by atoms with E-state index in [1.165, 1.54) is 0 Å². The minimum atomic E-state index is -2.92. The molecule has 0 aromatic heterocycles. The van der Waals surface area contributed by atoms with E-state index in [0.29, 0.717) is 24.0 Å². The lowest BCUT2D eigenvalue weighted by Gasteiger charge is -2.52. The average molecular weight is 881 g/mol. The Hall–Kier alpha value is -0.222. The summed E-state index contributed by atoms with van der Waals surface area (Å²) in [5.41, 5.74) is 8.69. The molecule has 0 N–H and O–H groups in total. The highest BCUT2D eigenvalue weighted by Crippen LogP contribution is 2.57. The first-order valence-corrected chi connectivity index (χ1v) is 29.4. The molecule has 5 aliphatic rings. The molecule has 0 radical (unpaired) electrons. The minimum Gasteiger partial charge on any atom is -0.414 e. The Bertz CT molecular complexity index is 1390. The minimum absolute atomic E-state index is 0.112. The molecule has 5 aliphatic heterocycles. The molecule has 5 heterocycles. The van der Waals surface area contributed by atoms with Crippen LogP contribution >= 0.6 is 11.6 Å². The fourth-order valence-electron chi connectivity index (χ4n) is 9.80. The number of aldehydes is 1. The summed E-state index contributed by atoms with van der Waals surface area (Å²) in [7, 11) is -10.8. The maximum Gasteiger partial charge on any atom is 0.335 e. The largest absolute Gasteiger partial charge is 0.414 e. The van der Waals surface area contributed by atoms with E-state index in [1.807, 2.05) is 6.92 Å². The van der Waals surface area contributed by atoms with Crippen LogP contribution in [-0.2, 0) is 44.9 Å². The van der Waals surface area contributed by atoms with E-state index in [4.69, 9.17) is 51.7 Å². The highest BCUT2D eigenvalue weighted by molar-refractivity contribution is 6.84. The SMILES string of the molecule is CC(C)[Si]1(C(C)C)OC[C@H]2O[C@@H](C)C(C=O)(N=[N+]=[N-])[C@H]2O[Si](C(C)C)(C(C)C)O1.CC(C)[Si]1(C(C)C)OC[C@H]2O[C@@H](C)[C@@]3(OC3Cl)[C@H]2O[Si](C(C)C)(C(C)C)O1. The molecule has 5 rings (SSSR count). The van der Waals surface area contributed by atoms with Crippen molar-refractivity contribution in [2.45, 2.75) is 222 Å². The van der Waals surface area contributed by atoms with Gasteiger partial charge < -0.3 is 44.9 Å². The Morgan fingerprint density at radius 1 is 0.625 bits per heavy atom. The second-order valence-corrected chi connectivity index (χ2v) is 37.2. The highest BCUT2D eigenvalue weighted by atomic mass is 35.5. The van der Waals surface area contributed by atoms with Crippen molar-refractivity contribution in [3.63, 3.8) is 0 Å². The van der Waals surface area contributed by atoms with Gasteiger partial charge in [0.1, 0.15) is 24.6 Å². The molecule has 0 saturated carbocycles. The third kappa shape index (κ3) is 7.89. The van der Waals surface area contributed by atoms with Gasteiger partial charge in [0.05, 0.1) is 31.5 Å². The average Bonchev–Trinajstić information content (AvgIpc) is 3.61. The molecule has 0 aromatic rings. The van der Waals surface area contributed by atoms with Crippen molar-refractivity contribution in [3.05, 3.63) is 10.4 Å². The number of carbonyl (C=O) groups excluding carboxylic acids is 1. The number of halogens is 1. The molecule has 9 atom stereocenters. The van der Waals surface area contributed by atoms with Crippen LogP contribution in [0.4, 0.5) is 0 Å². The lowest BCUT2D eigenvalue weighted by atomic mass is 9.90. The third-order valence-electron chi connectivity index (χ3n) is 13.3. The number of alkyl halides is 1. The van der Waals surface area contributed by atoms with Gasteiger partial charge in [-0.05, 0) is 63.7 Å². The second kappa shape index (κ2) is 17.6. The van der Waals surface area contributed by atoms with Crippen LogP contribution in [0.1, 0.15) is 125 Å². The Kier molecular flexibility index (Phi) is 15.3. The molecule has 0 aromatic carbocycles. The number of azide groups is 1. The van der Waals surface area contributed by atoms with Crippen LogP contribution in [0.2, 0.25) is 44.3 Å². The fraction of sp³-hybridized carbons (Fsp3) is 0.974. The molecular weight excluding hydrogens is 806 g/mol. The number of carbonyl (C=O) groups is 1. The lowest BCUT2D eigenvalue weighted by Crippen LogP contribution is -2.67. The van der Waals surface area contributed by atoms with Crippen LogP contribution in [0, 0.1) is 0 Å². The Balaban J connectivity index is 0.000000249. The molecular formula is C38H74ClN3O10Si4. The van der Waals surface area contributed by atoms with Crippen molar-refractivity contribution in [2.75, 3.05) is 13.2 Å². The van der Waals surface area contributed by atoms with Gasteiger partial charge in [0, 0.05) is 4.91 Å². The van der Waals surface area contributed by atoms with E-state index in [1.54, 1.807) is 6.92 Å². The quantitative estimate of drug-likeness (QED) is 0.0394. The third-order valence-corrected chi connectivity index (χ3v) is 34.2. The molecule has 0 amide bonds. The van der Waals surface area contributed by atoms with Crippen molar-refractivity contribution >= 4 is 52.1 Å². The molecule has 56 heavy (non-hydrogen) atoms. The Morgan fingerprint density at radius 2 is 0.964 bits per heavy atom. The van der Waals surface area contributed by atoms with E-state index in [9.17, 15) is 10.3 Å². The Morgan fingerprint density at radius 3 is 1.29 bits per heavy atom. The van der Waals surface area contributed by atoms with Gasteiger partial charge in [0.2, 0.25) is 0 Å². The molecule has 2 unspecified atom stereocenters. The summed E-state index contributed by atoms with van der Waals surface area (Å²) in [6, 6.07) is 0. The van der Waals surface area contributed by atoms with Crippen LogP contribution in [0.15, 0.2) is 5.11 Å². The van der Waals surface area contributed by atoms with Gasteiger partial charge >= 0.3 is 34.2 Å². The lowest BCUT2D eigenvalue weighted by molar-refractivity contribution is -0.116. The molecule has 0 aliphatic carbocycles. The number of ether oxygens (including phenoxy) is 3. The van der Waals surface area contributed by atoms with Crippen LogP contribution in [-0.4, -0.2) is 107 Å². The molecule has 5 fully saturated rings. The summed E-state index contributed by atoms with van der Waals surface area (Å²) in [5, 5.41) is 3.89. The molecule has 18 heteroatoms. The zero-order valence-electron chi connectivity index (χ0n) is 37.5. The Labute approximate surface area is 346 Å². The number of nitrogens with zero attached hydrogens (tertiary/aromatic N) is 3. The van der Waals surface area contributed by atoms with Gasteiger partial charge in [-0.3, -0.25) is 0 Å². The zero-order chi connectivity index (χ0) is 42.6. The summed E-state index contributed by atoms with van der Waals surface area (Å²) in [5.74, 6) is 0. The number of hydrogen-bond acceptors (Lipinski definition) is 11. The van der Waals surface area contributed by atoms with Gasteiger partial charge in [-0.2, -0.15) is 0 Å². The molecule has 13 nitrogen and oxygen atoms in total. The van der Waals surface area contributed by atoms with Gasteiger partial charge in [0.25, 0.3) is 0 Å². The normalized spacial score (nSPS) is 37.2. The monoisotopic (exact) mass is 879 g/mol. The highest BCUT2D eigenvalue weighted by Gasteiger charge is 2.75. The molecule has 324 valence electrons. The van der Waals surface area contributed by atoms with Crippen molar-refractivity contribution in [3.8, 4) is 0 Å². The van der Waals surface area contributed by atoms with Crippen molar-refractivity contribution in [1.82, 2.24) is 0 Å². The number of epoxide rings is 1. The van der Waals surface area contributed by atoms with Gasteiger partial charge in [-0.15, -0.1) is 0 Å². The van der Waals surface area contributed by atoms with E-state index in [2.05, 4.69) is 121 Å². The van der Waals surface area contributed by atoms with Gasteiger partial charge in [-0.1, -0.05) is 127 Å². The van der Waals surface area contributed by atoms with E-state index >= 15 is 0 Å². The van der Waals surface area contributed by atoms with Crippen molar-refractivity contribution in [2.24, 2.45) is 5.11 Å². The summed E-state index contributed by atoms with van der Waals surface area (Å²) < 4.78 is 59.8. The molecule has 1 spiro atoms. The van der Waals surface area contributed by atoms with E-state index in [-0.39, 0.29) is 63.7 Å². The summed E-state index contributed by atoms with van der Waals surface area (Å²) in [4.78, 5) is 15.1. The van der Waals surface area contributed by atoms with Gasteiger partial charge in [0.15, 0.2) is 16.7 Å². The van der Waals surface area contributed by atoms with Crippen molar-refractivity contribution < 1.29 is 44.9 Å². The topological polar surface area (TPSA) is 152 Å². The molecule has 0 bridgehead atoms. The van der Waals surface area contributed by atoms with Crippen LogP contribution < -0.4 is 0 Å². The van der Waals surface area contributed by atoms with Crippen molar-refractivity contribution in [1.29, 1.82) is 0 Å². The molecule has 5 saturated heterocycles. The van der Waals surface area contributed by atoms with Crippen LogP contribution in [0.3, 0.4) is 0 Å². The summed E-state index contributed by atoms with van der Waals surface area (Å²) in [6.07, 6.45) is -1.66. The summed E-state index contributed by atoms with van der Waals surface area (Å²) in [6.45, 7) is 39.4. The number of fused-ring (bicyclic) bond motifs is 3. The standard InChI is InChI=1S/C19H37ClO5Si2.C19H37N3O5Si2/c1-11(2)26(12(3)4)21-10-16-17(19(15(9)22-16)18(20)23-19)24-27(25-26,13(5)6)14(7)8;1-12(2)28(13(3)4)24-10-17-18(19(11-23,21-22-20)16(9)25-17)26-29(27-28,14(5)6)15(7)8/h11-18H,10H2,1-9H3;11-18H,10H2,1-9H3/t15-,16+,17-,18?,19+;16-,17+,18-,19?/m00/s1. The fourth-order valence-corrected chi connectivity index (χ4v) is 32.7. The van der Waals surface area contributed by atoms with E-state index < -0.39 is 63.7 Å².